The van der Waals surface area contributed by atoms with Crippen molar-refractivity contribution >= 4 is 11.9 Å². The molecule has 1 rings (SSSR count). The maximum absolute atomic E-state index is 11.7. The van der Waals surface area contributed by atoms with Gasteiger partial charge in [0.2, 0.25) is 0 Å². The van der Waals surface area contributed by atoms with Gasteiger partial charge in [-0.15, -0.1) is 0 Å². The second-order valence-corrected chi connectivity index (χ2v) is 3.53. The van der Waals surface area contributed by atoms with Crippen molar-refractivity contribution in [3.05, 3.63) is 0 Å². The van der Waals surface area contributed by atoms with Crippen LogP contribution < -0.4 is 0 Å². The number of urea groups is 1. The van der Waals surface area contributed by atoms with Crippen LogP contribution in [0.1, 0.15) is 33.6 Å². The van der Waals surface area contributed by atoms with Gasteiger partial charge in [0.15, 0.2) is 0 Å². The maximum Gasteiger partial charge on any atom is 0.327 e. The first-order valence-electron chi connectivity index (χ1n) is 5.26. The van der Waals surface area contributed by atoms with Crippen LogP contribution in [0.25, 0.3) is 0 Å². The van der Waals surface area contributed by atoms with E-state index in [1.54, 1.807) is 4.90 Å². The van der Waals surface area contributed by atoms with Crippen molar-refractivity contribution in [2.24, 2.45) is 0 Å². The summed E-state index contributed by atoms with van der Waals surface area (Å²) in [5.41, 5.74) is 0. The summed E-state index contributed by atoms with van der Waals surface area (Å²) in [6.07, 6.45) is 1.68. The lowest BCUT2D eigenvalue weighted by atomic mass is 10.1. The number of carbonyl (C=O) groups is 2. The van der Waals surface area contributed by atoms with Crippen LogP contribution in [0.5, 0.6) is 0 Å². The van der Waals surface area contributed by atoms with Crippen LogP contribution in [0.3, 0.4) is 0 Å². The van der Waals surface area contributed by atoms with Crippen molar-refractivity contribution < 1.29 is 9.59 Å². The lowest BCUT2D eigenvalue weighted by molar-refractivity contribution is -0.126. The zero-order valence-corrected chi connectivity index (χ0v) is 9.12. The summed E-state index contributed by atoms with van der Waals surface area (Å²) in [5.74, 6) is -0.0504. The molecule has 0 aromatic heterocycles. The highest BCUT2D eigenvalue weighted by Crippen LogP contribution is 2.17. The van der Waals surface area contributed by atoms with E-state index < -0.39 is 0 Å². The van der Waals surface area contributed by atoms with E-state index in [0.717, 1.165) is 12.8 Å². The van der Waals surface area contributed by atoms with Crippen LogP contribution in [0, 0.1) is 0 Å². The average molecular weight is 198 g/mol. The van der Waals surface area contributed by atoms with Crippen molar-refractivity contribution in [3.8, 4) is 0 Å². The summed E-state index contributed by atoms with van der Waals surface area (Å²) < 4.78 is 0. The van der Waals surface area contributed by atoms with Crippen LogP contribution in [-0.4, -0.2) is 40.9 Å². The Morgan fingerprint density at radius 2 is 1.79 bits per heavy atom. The quantitative estimate of drug-likeness (QED) is 0.642. The summed E-state index contributed by atoms with van der Waals surface area (Å²) >= 11 is 0. The van der Waals surface area contributed by atoms with Crippen molar-refractivity contribution in [2.75, 3.05) is 13.1 Å². The fraction of sp³-hybridized carbons (Fsp3) is 0.800. The predicted molar refractivity (Wildman–Crippen MR) is 53.9 cm³/mol. The van der Waals surface area contributed by atoms with Gasteiger partial charge >= 0.3 is 6.03 Å². The van der Waals surface area contributed by atoms with Gasteiger partial charge in [-0.05, 0) is 19.8 Å². The molecule has 0 aromatic rings. The minimum absolute atomic E-state index is 0.0504. The molecular formula is C10H18N2O2. The first-order valence-corrected chi connectivity index (χ1v) is 5.26. The summed E-state index contributed by atoms with van der Waals surface area (Å²) in [6.45, 7) is 6.77. The van der Waals surface area contributed by atoms with E-state index in [1.807, 2.05) is 20.8 Å². The van der Waals surface area contributed by atoms with Gasteiger partial charge in [-0.2, -0.15) is 0 Å². The van der Waals surface area contributed by atoms with Crippen molar-refractivity contribution in [2.45, 2.75) is 39.7 Å². The van der Waals surface area contributed by atoms with Gasteiger partial charge in [0.05, 0.1) is 0 Å². The number of rotatable bonds is 4. The molecule has 0 atom stereocenters. The molecule has 4 nitrogen and oxygen atoms in total. The van der Waals surface area contributed by atoms with Crippen LogP contribution in [-0.2, 0) is 4.79 Å². The number of hydrogen-bond acceptors (Lipinski definition) is 2. The highest BCUT2D eigenvalue weighted by Gasteiger charge is 2.38. The second-order valence-electron chi connectivity index (χ2n) is 3.53. The van der Waals surface area contributed by atoms with E-state index in [-0.39, 0.29) is 24.5 Å². The Kier molecular flexibility index (Phi) is 3.49. The molecule has 14 heavy (non-hydrogen) atoms. The minimum Gasteiger partial charge on any atom is -0.315 e. The predicted octanol–water partition coefficient (Wildman–Crippen LogP) is 1.46. The van der Waals surface area contributed by atoms with Crippen molar-refractivity contribution in [3.63, 3.8) is 0 Å². The van der Waals surface area contributed by atoms with E-state index in [0.29, 0.717) is 6.54 Å². The van der Waals surface area contributed by atoms with Gasteiger partial charge in [0.25, 0.3) is 5.91 Å². The molecule has 0 bridgehead atoms. The van der Waals surface area contributed by atoms with Crippen LogP contribution in [0.15, 0.2) is 0 Å². The van der Waals surface area contributed by atoms with Crippen molar-refractivity contribution in [1.29, 1.82) is 0 Å². The molecule has 0 aliphatic carbocycles. The fourth-order valence-corrected chi connectivity index (χ4v) is 1.83. The maximum atomic E-state index is 11.7. The van der Waals surface area contributed by atoms with E-state index >= 15 is 0 Å². The number of hydrogen-bond donors (Lipinski definition) is 0. The molecule has 1 fully saturated rings. The molecular weight excluding hydrogens is 180 g/mol. The van der Waals surface area contributed by atoms with Crippen LogP contribution in [0.2, 0.25) is 0 Å². The van der Waals surface area contributed by atoms with E-state index in [9.17, 15) is 9.59 Å². The Morgan fingerprint density at radius 1 is 1.21 bits per heavy atom. The Bertz CT molecular complexity index is 236. The second kappa shape index (κ2) is 4.44. The zero-order valence-electron chi connectivity index (χ0n) is 9.12. The summed E-state index contributed by atoms with van der Waals surface area (Å²) in [6, 6.07) is -0.0437. The average Bonchev–Trinajstić information content (AvgIpc) is 2.46. The van der Waals surface area contributed by atoms with Gasteiger partial charge in [-0.25, -0.2) is 4.79 Å². The third-order valence-corrected chi connectivity index (χ3v) is 2.76. The van der Waals surface area contributed by atoms with E-state index in [2.05, 4.69) is 0 Å². The fourth-order valence-electron chi connectivity index (χ4n) is 1.83. The number of imide groups is 1. The normalized spacial score (nSPS) is 17.4. The zero-order chi connectivity index (χ0) is 10.7. The Labute approximate surface area is 84.9 Å². The molecule has 1 aliphatic rings. The van der Waals surface area contributed by atoms with Crippen LogP contribution in [0.4, 0.5) is 4.79 Å². The number of likely N-dealkylation sites (N-methyl/N-ethyl adjacent to an activating group) is 1. The van der Waals surface area contributed by atoms with Gasteiger partial charge < -0.3 is 4.90 Å². The Morgan fingerprint density at radius 3 is 2.14 bits per heavy atom. The molecule has 0 saturated carbocycles. The molecule has 4 heteroatoms. The molecule has 0 spiro atoms. The van der Waals surface area contributed by atoms with Crippen LogP contribution >= 0.6 is 0 Å². The van der Waals surface area contributed by atoms with Crippen molar-refractivity contribution in [1.82, 2.24) is 9.80 Å². The molecule has 80 valence electrons. The third-order valence-electron chi connectivity index (χ3n) is 2.76. The number of carbonyl (C=O) groups excluding carboxylic acids is 2. The standard InChI is InChI=1S/C10H18N2O2/c1-4-8(5-2)12-9(13)7-11(6-3)10(12)14/h8H,4-7H2,1-3H3. The highest BCUT2D eigenvalue weighted by molar-refractivity contribution is 6.02. The number of amides is 3. The molecule has 1 aliphatic heterocycles. The molecule has 0 unspecified atom stereocenters. The first kappa shape index (κ1) is 11.0. The summed E-state index contributed by atoms with van der Waals surface area (Å²) in [4.78, 5) is 26.3. The lowest BCUT2D eigenvalue weighted by Gasteiger charge is -2.23. The number of nitrogens with zero attached hydrogens (tertiary/aromatic N) is 2. The Balaban J connectivity index is 2.78. The SMILES string of the molecule is CCC(CC)N1C(=O)CN(CC)C1=O. The molecule has 0 radical (unpaired) electrons. The lowest BCUT2D eigenvalue weighted by Crippen LogP contribution is -2.40. The molecule has 1 heterocycles. The Hall–Kier alpha value is -1.06. The van der Waals surface area contributed by atoms with E-state index in [1.165, 1.54) is 4.90 Å². The first-order chi connectivity index (χ1) is 6.65. The minimum atomic E-state index is -0.119. The largest absolute Gasteiger partial charge is 0.327 e. The highest BCUT2D eigenvalue weighted by atomic mass is 16.2. The van der Waals surface area contributed by atoms with E-state index in [4.69, 9.17) is 0 Å². The summed E-state index contributed by atoms with van der Waals surface area (Å²) in [7, 11) is 0. The van der Waals surface area contributed by atoms with Gasteiger partial charge in [-0.3, -0.25) is 9.69 Å². The molecule has 1 saturated heterocycles. The van der Waals surface area contributed by atoms with Gasteiger partial charge in [-0.1, -0.05) is 13.8 Å². The third kappa shape index (κ3) is 1.74. The topological polar surface area (TPSA) is 40.6 Å². The molecule has 0 aromatic carbocycles. The molecule has 3 amide bonds. The molecule has 0 N–H and O–H groups in total. The summed E-state index contributed by atoms with van der Waals surface area (Å²) in [5, 5.41) is 0. The monoisotopic (exact) mass is 198 g/mol. The van der Waals surface area contributed by atoms with Gasteiger partial charge in [0.1, 0.15) is 6.54 Å². The van der Waals surface area contributed by atoms with Gasteiger partial charge in [0, 0.05) is 12.6 Å². The smallest absolute Gasteiger partial charge is 0.315 e.